The van der Waals surface area contributed by atoms with Gasteiger partial charge in [-0.05, 0) is 49.7 Å². The van der Waals surface area contributed by atoms with Gasteiger partial charge in [0, 0.05) is 11.8 Å². The fourth-order valence-corrected chi connectivity index (χ4v) is 2.76. The van der Waals surface area contributed by atoms with Crippen LogP contribution in [0.5, 0.6) is 11.6 Å². The van der Waals surface area contributed by atoms with E-state index in [1.54, 1.807) is 48.5 Å². The Morgan fingerprint density at radius 3 is 2.34 bits per heavy atom. The number of rotatable bonds is 7. The van der Waals surface area contributed by atoms with Crippen LogP contribution < -0.4 is 19.7 Å². The second-order valence-corrected chi connectivity index (χ2v) is 6.75. The van der Waals surface area contributed by atoms with E-state index >= 15 is 0 Å². The Labute approximate surface area is 171 Å². The molecular formula is C23H25N3O3. The number of amides is 2. The molecule has 6 nitrogen and oxygen atoms in total. The summed E-state index contributed by atoms with van der Waals surface area (Å²) in [5, 5.41) is 2.93. The van der Waals surface area contributed by atoms with Crippen molar-refractivity contribution >= 4 is 17.4 Å². The van der Waals surface area contributed by atoms with Crippen molar-refractivity contribution in [1.82, 2.24) is 4.98 Å². The van der Waals surface area contributed by atoms with Gasteiger partial charge in [0.15, 0.2) is 0 Å². The molecule has 1 N–H and O–H groups in total. The zero-order valence-electron chi connectivity index (χ0n) is 16.8. The van der Waals surface area contributed by atoms with Crippen LogP contribution in [0.3, 0.4) is 0 Å². The van der Waals surface area contributed by atoms with Gasteiger partial charge < -0.3 is 14.8 Å². The third-order valence-corrected chi connectivity index (χ3v) is 4.16. The van der Waals surface area contributed by atoms with E-state index in [-0.39, 0.29) is 12.1 Å². The average Bonchev–Trinajstić information content (AvgIpc) is 2.73. The lowest BCUT2D eigenvalue weighted by atomic mass is 10.2. The van der Waals surface area contributed by atoms with E-state index in [0.29, 0.717) is 23.8 Å². The van der Waals surface area contributed by atoms with E-state index in [9.17, 15) is 4.79 Å². The minimum absolute atomic E-state index is 0.0344. The zero-order chi connectivity index (χ0) is 20.6. The van der Waals surface area contributed by atoms with Gasteiger partial charge in [-0.1, -0.05) is 30.3 Å². The molecule has 0 fully saturated rings. The zero-order valence-corrected chi connectivity index (χ0v) is 16.8. The molecule has 150 valence electrons. The molecule has 1 aromatic heterocycles. The average molecular weight is 391 g/mol. The Morgan fingerprint density at radius 1 is 1.03 bits per heavy atom. The van der Waals surface area contributed by atoms with Crippen molar-refractivity contribution < 1.29 is 14.3 Å². The summed E-state index contributed by atoms with van der Waals surface area (Å²) in [6.45, 7) is 4.30. The monoisotopic (exact) mass is 391 g/mol. The normalized spacial score (nSPS) is 10.5. The predicted molar refractivity (Wildman–Crippen MR) is 115 cm³/mol. The highest BCUT2D eigenvalue weighted by Gasteiger charge is 2.17. The number of hydrogen-bond acceptors (Lipinski definition) is 4. The van der Waals surface area contributed by atoms with Gasteiger partial charge in [0.25, 0.3) is 0 Å². The van der Waals surface area contributed by atoms with Crippen LogP contribution in [0.15, 0.2) is 72.9 Å². The first kappa shape index (κ1) is 20.2. The van der Waals surface area contributed by atoms with E-state index in [2.05, 4.69) is 10.3 Å². The molecule has 3 aromatic rings. The Hall–Kier alpha value is -3.54. The first-order chi connectivity index (χ1) is 14.0. The highest BCUT2D eigenvalue weighted by Crippen LogP contribution is 2.22. The van der Waals surface area contributed by atoms with Crippen LogP contribution in [-0.2, 0) is 6.54 Å². The molecule has 2 aromatic carbocycles. The number of ether oxygens (including phenoxy) is 2. The van der Waals surface area contributed by atoms with Crippen LogP contribution in [-0.4, -0.2) is 24.2 Å². The molecule has 1 heterocycles. The van der Waals surface area contributed by atoms with Crippen LogP contribution in [0.25, 0.3) is 0 Å². The molecule has 0 aliphatic rings. The topological polar surface area (TPSA) is 63.7 Å². The van der Waals surface area contributed by atoms with Gasteiger partial charge in [-0.3, -0.25) is 4.90 Å². The summed E-state index contributed by atoms with van der Waals surface area (Å²) in [6.07, 6.45) is 1.68. The number of urea groups is 1. The molecule has 6 heteroatoms. The molecular weight excluding hydrogens is 366 g/mol. The molecule has 2 amide bonds. The lowest BCUT2D eigenvalue weighted by Gasteiger charge is -2.23. The first-order valence-electron chi connectivity index (χ1n) is 9.44. The maximum atomic E-state index is 13.1. The van der Waals surface area contributed by atoms with Gasteiger partial charge >= 0.3 is 6.03 Å². The molecule has 0 saturated carbocycles. The van der Waals surface area contributed by atoms with Crippen LogP contribution in [0.1, 0.15) is 19.4 Å². The molecule has 0 bridgehead atoms. The molecule has 0 aliphatic carbocycles. The van der Waals surface area contributed by atoms with Crippen molar-refractivity contribution in [2.75, 3.05) is 17.3 Å². The smallest absolute Gasteiger partial charge is 0.326 e. The second kappa shape index (κ2) is 9.59. The number of hydrogen-bond donors (Lipinski definition) is 1. The maximum Gasteiger partial charge on any atom is 0.326 e. The molecule has 0 aliphatic heterocycles. The molecule has 0 spiro atoms. The Bertz CT molecular complexity index is 910. The van der Waals surface area contributed by atoms with Gasteiger partial charge in [-0.2, -0.15) is 0 Å². The quantitative estimate of drug-likeness (QED) is 0.607. The number of carbonyl (C=O) groups is 1. The molecule has 3 rings (SSSR count). The van der Waals surface area contributed by atoms with Crippen molar-refractivity contribution in [1.29, 1.82) is 0 Å². The number of nitrogens with one attached hydrogen (secondary N) is 1. The summed E-state index contributed by atoms with van der Waals surface area (Å²) in [6, 6.07) is 20.4. The van der Waals surface area contributed by atoms with Crippen molar-refractivity contribution in [3.63, 3.8) is 0 Å². The van der Waals surface area contributed by atoms with Crippen LogP contribution in [0.4, 0.5) is 16.2 Å². The van der Waals surface area contributed by atoms with Crippen molar-refractivity contribution in [3.8, 4) is 11.6 Å². The van der Waals surface area contributed by atoms with Crippen LogP contribution in [0.2, 0.25) is 0 Å². The SMILES string of the molecule is COc1ccc(NC(=O)N(Cc2ccccc2)c2ccc(OC(C)C)nc2)cc1. The van der Waals surface area contributed by atoms with Crippen LogP contribution in [0, 0.1) is 0 Å². The number of carbonyl (C=O) groups excluding carboxylic acids is 1. The standard InChI is InChI=1S/C23H25N3O3/c1-17(2)29-22-14-11-20(15-24-22)26(16-18-7-5-4-6-8-18)23(27)25-19-9-12-21(28-3)13-10-19/h4-15,17H,16H2,1-3H3,(H,25,27). The number of anilines is 2. The highest BCUT2D eigenvalue weighted by atomic mass is 16.5. The fraction of sp³-hybridized carbons (Fsp3) is 0.217. The van der Waals surface area contributed by atoms with E-state index in [0.717, 1.165) is 11.3 Å². The summed E-state index contributed by atoms with van der Waals surface area (Å²) < 4.78 is 10.8. The minimum Gasteiger partial charge on any atom is -0.497 e. The van der Waals surface area contributed by atoms with Gasteiger partial charge in [0.1, 0.15) is 5.75 Å². The van der Waals surface area contributed by atoms with E-state index < -0.39 is 0 Å². The number of pyridine rings is 1. The molecule has 29 heavy (non-hydrogen) atoms. The Morgan fingerprint density at radius 2 is 1.76 bits per heavy atom. The van der Waals surface area contributed by atoms with E-state index in [1.807, 2.05) is 50.2 Å². The summed E-state index contributed by atoms with van der Waals surface area (Å²) in [7, 11) is 1.61. The summed E-state index contributed by atoms with van der Waals surface area (Å²) >= 11 is 0. The fourth-order valence-electron chi connectivity index (χ4n) is 2.76. The summed E-state index contributed by atoms with van der Waals surface area (Å²) in [5.74, 6) is 1.26. The van der Waals surface area contributed by atoms with Gasteiger partial charge in [0.2, 0.25) is 5.88 Å². The number of methoxy groups -OCH3 is 1. The maximum absolute atomic E-state index is 13.1. The summed E-state index contributed by atoms with van der Waals surface area (Å²) in [5.41, 5.74) is 2.37. The Balaban J connectivity index is 1.82. The molecule has 0 unspecified atom stereocenters. The van der Waals surface area contributed by atoms with Crippen molar-refractivity contribution in [2.45, 2.75) is 26.5 Å². The Kier molecular flexibility index (Phi) is 6.68. The van der Waals surface area contributed by atoms with Gasteiger partial charge in [-0.25, -0.2) is 9.78 Å². The second-order valence-electron chi connectivity index (χ2n) is 6.75. The van der Waals surface area contributed by atoms with Crippen LogP contribution >= 0.6 is 0 Å². The van der Waals surface area contributed by atoms with Crippen molar-refractivity contribution in [3.05, 3.63) is 78.5 Å². The van der Waals surface area contributed by atoms with Gasteiger partial charge in [-0.15, -0.1) is 0 Å². The summed E-state index contributed by atoms with van der Waals surface area (Å²) in [4.78, 5) is 19.0. The lowest BCUT2D eigenvalue weighted by molar-refractivity contribution is 0.232. The number of benzene rings is 2. The third kappa shape index (κ3) is 5.72. The minimum atomic E-state index is -0.252. The van der Waals surface area contributed by atoms with Gasteiger partial charge in [0.05, 0.1) is 31.6 Å². The predicted octanol–water partition coefficient (Wildman–Crippen LogP) is 5.12. The highest BCUT2D eigenvalue weighted by molar-refractivity contribution is 6.01. The number of nitrogens with zero attached hydrogens (tertiary/aromatic N) is 2. The largest absolute Gasteiger partial charge is 0.497 e. The first-order valence-corrected chi connectivity index (χ1v) is 9.44. The third-order valence-electron chi connectivity index (χ3n) is 4.16. The lowest BCUT2D eigenvalue weighted by Crippen LogP contribution is -2.34. The molecule has 0 saturated heterocycles. The van der Waals surface area contributed by atoms with E-state index in [4.69, 9.17) is 9.47 Å². The van der Waals surface area contributed by atoms with Crippen molar-refractivity contribution in [2.24, 2.45) is 0 Å². The van der Waals surface area contributed by atoms with E-state index in [1.165, 1.54) is 0 Å². The molecule has 0 radical (unpaired) electrons. The molecule has 0 atom stereocenters. The number of aromatic nitrogens is 1.